The second-order valence-corrected chi connectivity index (χ2v) is 16.0. The van der Waals surface area contributed by atoms with Gasteiger partial charge in [0, 0.05) is 13.0 Å². The second kappa shape index (κ2) is 15.1. The summed E-state index contributed by atoms with van der Waals surface area (Å²) in [6.45, 7) is 16.0. The molecule has 0 saturated carbocycles. The van der Waals surface area contributed by atoms with Crippen molar-refractivity contribution in [2.75, 3.05) is 6.61 Å². The van der Waals surface area contributed by atoms with Crippen LogP contribution >= 0.6 is 0 Å². The lowest BCUT2D eigenvalue weighted by atomic mass is 9.82. The van der Waals surface area contributed by atoms with E-state index in [2.05, 4.69) is 53.0 Å². The molecule has 0 fully saturated rings. The molecular formula is C26H50O3Si. The zero-order chi connectivity index (χ0) is 23.2. The Balaban J connectivity index is 4.65. The molecule has 0 saturated heterocycles. The van der Waals surface area contributed by atoms with Crippen LogP contribution in [0.4, 0.5) is 0 Å². The Morgan fingerprint density at radius 2 is 1.20 bits per heavy atom. The van der Waals surface area contributed by atoms with Gasteiger partial charge in [-0.1, -0.05) is 92.9 Å². The predicted molar refractivity (Wildman–Crippen MR) is 132 cm³/mol. The Morgan fingerprint density at radius 1 is 0.800 bits per heavy atom. The fourth-order valence-corrected chi connectivity index (χ4v) is 10.2. The van der Waals surface area contributed by atoms with Gasteiger partial charge in [-0.3, -0.25) is 4.79 Å². The van der Waals surface area contributed by atoms with E-state index in [1.54, 1.807) is 0 Å². The molecule has 0 rings (SSSR count). The minimum atomic E-state index is -1.80. The summed E-state index contributed by atoms with van der Waals surface area (Å²) < 4.78 is 0. The van der Waals surface area contributed by atoms with E-state index in [-0.39, 0.29) is 0 Å². The molecule has 1 unspecified atom stereocenters. The Bertz CT molecular complexity index is 508. The van der Waals surface area contributed by atoms with Crippen LogP contribution in [0.5, 0.6) is 0 Å². The van der Waals surface area contributed by atoms with Crippen molar-refractivity contribution in [1.29, 1.82) is 0 Å². The van der Waals surface area contributed by atoms with Crippen LogP contribution in [-0.2, 0) is 4.79 Å². The fraction of sp³-hybridized carbons (Fsp3) is 0.885. The van der Waals surface area contributed by atoms with Gasteiger partial charge in [0.05, 0.1) is 5.41 Å². The number of hydrogen-bond acceptors (Lipinski definition) is 2. The highest BCUT2D eigenvalue weighted by molar-refractivity contribution is 6.90. The lowest BCUT2D eigenvalue weighted by Gasteiger charge is -2.38. The van der Waals surface area contributed by atoms with Crippen molar-refractivity contribution >= 4 is 14.0 Å². The number of aliphatic carboxylic acids is 1. The van der Waals surface area contributed by atoms with Gasteiger partial charge in [0.2, 0.25) is 0 Å². The van der Waals surface area contributed by atoms with E-state index < -0.39 is 19.5 Å². The third-order valence-electron chi connectivity index (χ3n) is 7.05. The van der Waals surface area contributed by atoms with Crippen molar-refractivity contribution in [1.82, 2.24) is 0 Å². The monoisotopic (exact) mass is 438 g/mol. The minimum Gasteiger partial charge on any atom is -0.481 e. The van der Waals surface area contributed by atoms with Crippen LogP contribution in [0.25, 0.3) is 0 Å². The third kappa shape index (κ3) is 9.56. The average Bonchev–Trinajstić information content (AvgIpc) is 2.65. The summed E-state index contributed by atoms with van der Waals surface area (Å²) in [6.07, 6.45) is 11.4. The van der Waals surface area contributed by atoms with Gasteiger partial charge in [0.1, 0.15) is 8.07 Å². The van der Waals surface area contributed by atoms with Gasteiger partial charge in [0.15, 0.2) is 0 Å². The number of carboxylic acids is 1. The highest BCUT2D eigenvalue weighted by atomic mass is 28.3. The summed E-state index contributed by atoms with van der Waals surface area (Å²) in [6, 6.07) is 0. The molecular weight excluding hydrogens is 388 g/mol. The Morgan fingerprint density at radius 3 is 1.57 bits per heavy atom. The van der Waals surface area contributed by atoms with E-state index in [0.717, 1.165) is 25.7 Å². The largest absolute Gasteiger partial charge is 0.481 e. The number of carboxylic acid groups (broad SMARTS) is 1. The number of aliphatic hydroxyl groups excluding tert-OH is 1. The van der Waals surface area contributed by atoms with Crippen LogP contribution in [0.2, 0.25) is 16.6 Å². The van der Waals surface area contributed by atoms with E-state index in [1.165, 1.54) is 32.1 Å². The molecule has 176 valence electrons. The molecule has 0 bridgehead atoms. The smallest absolute Gasteiger partial charge is 0.310 e. The zero-order valence-electron chi connectivity index (χ0n) is 21.0. The van der Waals surface area contributed by atoms with Gasteiger partial charge in [-0.15, -0.1) is 11.5 Å². The summed E-state index contributed by atoms with van der Waals surface area (Å²) >= 11 is 0. The van der Waals surface area contributed by atoms with Crippen LogP contribution in [0.3, 0.4) is 0 Å². The Labute approximate surface area is 188 Å². The van der Waals surface area contributed by atoms with Crippen LogP contribution in [0.1, 0.15) is 119 Å². The quantitative estimate of drug-likeness (QED) is 0.148. The molecule has 1 atom stereocenters. The normalized spacial score (nSPS) is 14.1. The molecule has 4 heteroatoms. The molecule has 0 aromatic rings. The van der Waals surface area contributed by atoms with Crippen molar-refractivity contribution in [2.24, 2.45) is 5.41 Å². The maximum atomic E-state index is 12.0. The van der Waals surface area contributed by atoms with Crippen molar-refractivity contribution in [3.8, 4) is 11.5 Å². The molecule has 2 N–H and O–H groups in total. The second-order valence-electron chi connectivity index (χ2n) is 10.4. The van der Waals surface area contributed by atoms with E-state index >= 15 is 0 Å². The number of aliphatic hydroxyl groups is 1. The molecule has 0 radical (unpaired) electrons. The Hall–Kier alpha value is -0.793. The van der Waals surface area contributed by atoms with Gasteiger partial charge in [-0.05, 0) is 36.4 Å². The molecule has 3 nitrogen and oxygen atoms in total. The molecule has 0 heterocycles. The number of hydrogen-bond donors (Lipinski definition) is 2. The molecule has 0 aliphatic carbocycles. The van der Waals surface area contributed by atoms with Crippen LogP contribution in [-0.4, -0.2) is 30.9 Å². The van der Waals surface area contributed by atoms with E-state index in [9.17, 15) is 9.90 Å². The van der Waals surface area contributed by atoms with Crippen molar-refractivity contribution in [3.63, 3.8) is 0 Å². The van der Waals surface area contributed by atoms with Crippen molar-refractivity contribution in [2.45, 2.75) is 136 Å². The standard InChI is InChI=1S/C26H50O3Si/c1-22(2)30(23(3)4,24(5)6)21-17-19-26(7,25(28)29)18-15-13-11-9-8-10-12-14-16-20-27/h22-24,27H,8-16,18-20H2,1-7H3,(H,28,29). The average molecular weight is 439 g/mol. The SMILES string of the molecule is CC(C)[Si](C#CCC(C)(CCCCCCCCCCCO)C(=O)O)(C(C)C)C(C)C. The number of rotatable bonds is 16. The molecule has 0 amide bonds. The number of carbonyl (C=O) groups is 1. The number of unbranched alkanes of at least 4 members (excludes halogenated alkanes) is 8. The lowest BCUT2D eigenvalue weighted by molar-refractivity contribution is -0.148. The zero-order valence-corrected chi connectivity index (χ0v) is 22.0. The first-order valence-electron chi connectivity index (χ1n) is 12.4. The minimum absolute atomic E-state index is 0.308. The van der Waals surface area contributed by atoms with Gasteiger partial charge >= 0.3 is 5.97 Å². The van der Waals surface area contributed by atoms with Crippen molar-refractivity contribution in [3.05, 3.63) is 0 Å². The molecule has 0 spiro atoms. The summed E-state index contributed by atoms with van der Waals surface area (Å²) in [4.78, 5) is 12.0. The van der Waals surface area contributed by atoms with Crippen LogP contribution < -0.4 is 0 Å². The summed E-state index contributed by atoms with van der Waals surface area (Å²) in [5.41, 5.74) is 4.68. The predicted octanol–water partition coefficient (Wildman–Crippen LogP) is 7.58. The summed E-state index contributed by atoms with van der Waals surface area (Å²) in [5.74, 6) is 2.69. The molecule has 0 aromatic heterocycles. The van der Waals surface area contributed by atoms with Gasteiger partial charge in [-0.2, -0.15) is 0 Å². The van der Waals surface area contributed by atoms with Gasteiger partial charge in [0.25, 0.3) is 0 Å². The van der Waals surface area contributed by atoms with Crippen LogP contribution in [0, 0.1) is 16.9 Å². The molecule has 0 aliphatic heterocycles. The topological polar surface area (TPSA) is 57.5 Å². The van der Waals surface area contributed by atoms with Crippen molar-refractivity contribution < 1.29 is 15.0 Å². The lowest BCUT2D eigenvalue weighted by Crippen LogP contribution is -2.43. The first kappa shape index (κ1) is 29.2. The van der Waals surface area contributed by atoms with E-state index in [0.29, 0.717) is 36.1 Å². The molecule has 0 aliphatic rings. The fourth-order valence-electron chi connectivity index (χ4n) is 4.96. The maximum absolute atomic E-state index is 12.0. The van der Waals surface area contributed by atoms with E-state index in [1.807, 2.05) is 6.92 Å². The first-order valence-corrected chi connectivity index (χ1v) is 14.6. The summed E-state index contributed by atoms with van der Waals surface area (Å²) in [5, 5.41) is 18.6. The van der Waals surface area contributed by atoms with Gasteiger partial charge < -0.3 is 10.2 Å². The Kier molecular flexibility index (Phi) is 14.7. The molecule has 0 aromatic carbocycles. The maximum Gasteiger partial charge on any atom is 0.310 e. The van der Waals surface area contributed by atoms with Gasteiger partial charge in [-0.25, -0.2) is 0 Å². The highest BCUT2D eigenvalue weighted by Crippen LogP contribution is 2.41. The van der Waals surface area contributed by atoms with Crippen LogP contribution in [0.15, 0.2) is 0 Å². The molecule has 30 heavy (non-hydrogen) atoms. The highest BCUT2D eigenvalue weighted by Gasteiger charge is 2.42. The van der Waals surface area contributed by atoms with E-state index in [4.69, 9.17) is 5.11 Å². The summed E-state index contributed by atoms with van der Waals surface area (Å²) in [7, 11) is -1.80. The third-order valence-corrected chi connectivity index (χ3v) is 13.4. The first-order chi connectivity index (χ1) is 14.0.